The Morgan fingerprint density at radius 1 is 1.00 bits per heavy atom. The number of benzene rings is 1. The molecule has 1 aromatic carbocycles. The maximum absolute atomic E-state index is 11.7. The summed E-state index contributed by atoms with van der Waals surface area (Å²) in [4.78, 5) is 18.5. The lowest BCUT2D eigenvalue weighted by molar-refractivity contribution is 1.26. The van der Waals surface area contributed by atoms with Crippen LogP contribution >= 0.6 is 0 Å². The lowest BCUT2D eigenvalue weighted by Gasteiger charge is -2.05. The number of fused-ring (bicyclic) bond motifs is 1. The molecular weight excluding hydrogens is 212 g/mol. The van der Waals surface area contributed by atoms with E-state index in [1.807, 2.05) is 30.3 Å². The molecule has 0 aliphatic heterocycles. The van der Waals surface area contributed by atoms with Crippen molar-refractivity contribution in [3.8, 4) is 11.1 Å². The summed E-state index contributed by atoms with van der Waals surface area (Å²) in [5.41, 5.74) is 1.98. The zero-order valence-electron chi connectivity index (χ0n) is 9.05. The molecule has 0 unspecified atom stereocenters. The van der Waals surface area contributed by atoms with Crippen molar-refractivity contribution in [3.05, 3.63) is 65.3 Å². The van der Waals surface area contributed by atoms with Gasteiger partial charge in [-0.2, -0.15) is 0 Å². The summed E-state index contributed by atoms with van der Waals surface area (Å²) >= 11 is 0. The fraction of sp³-hybridized carbons (Fsp3) is 0. The summed E-state index contributed by atoms with van der Waals surface area (Å²) in [6.45, 7) is 0. The Bertz CT molecular complexity index is 717. The van der Waals surface area contributed by atoms with Crippen molar-refractivity contribution in [3.63, 3.8) is 0 Å². The minimum absolute atomic E-state index is 0.0814. The van der Waals surface area contributed by atoms with E-state index in [2.05, 4.69) is 9.97 Å². The van der Waals surface area contributed by atoms with Crippen LogP contribution in [0.3, 0.4) is 0 Å². The quantitative estimate of drug-likeness (QED) is 0.687. The monoisotopic (exact) mass is 222 g/mol. The van der Waals surface area contributed by atoms with Gasteiger partial charge in [-0.3, -0.25) is 9.78 Å². The van der Waals surface area contributed by atoms with Crippen molar-refractivity contribution in [1.82, 2.24) is 9.97 Å². The molecule has 0 aliphatic carbocycles. The first kappa shape index (κ1) is 9.78. The zero-order valence-corrected chi connectivity index (χ0v) is 9.05. The second-order valence-electron chi connectivity index (χ2n) is 3.82. The van der Waals surface area contributed by atoms with E-state index in [0.29, 0.717) is 5.39 Å². The molecule has 0 fully saturated rings. The Morgan fingerprint density at radius 3 is 2.65 bits per heavy atom. The first-order valence-corrected chi connectivity index (χ1v) is 5.37. The van der Waals surface area contributed by atoms with Crippen molar-refractivity contribution in [2.24, 2.45) is 0 Å². The van der Waals surface area contributed by atoms with Crippen LogP contribution in [0, 0.1) is 0 Å². The molecule has 3 nitrogen and oxygen atoms in total. The highest BCUT2D eigenvalue weighted by Gasteiger charge is 2.05. The SMILES string of the molecule is O=c1[nH]cc(-c2ccccc2)c2cnccc12. The van der Waals surface area contributed by atoms with E-state index in [9.17, 15) is 4.79 Å². The summed E-state index contributed by atoms with van der Waals surface area (Å²) in [6.07, 6.45) is 5.10. The van der Waals surface area contributed by atoms with Gasteiger partial charge in [0.25, 0.3) is 5.56 Å². The topological polar surface area (TPSA) is 45.8 Å². The molecule has 2 aromatic heterocycles. The van der Waals surface area contributed by atoms with Crippen LogP contribution in [0.4, 0.5) is 0 Å². The Morgan fingerprint density at radius 2 is 1.82 bits per heavy atom. The standard InChI is InChI=1S/C14H10N2O/c17-14-11-6-7-15-8-13(11)12(9-16-14)10-4-2-1-3-5-10/h1-9H,(H,16,17). The minimum atomic E-state index is -0.0814. The number of hydrogen-bond donors (Lipinski definition) is 1. The van der Waals surface area contributed by atoms with Gasteiger partial charge in [-0.15, -0.1) is 0 Å². The predicted molar refractivity (Wildman–Crippen MR) is 67.8 cm³/mol. The highest BCUT2D eigenvalue weighted by molar-refractivity contribution is 5.94. The highest BCUT2D eigenvalue weighted by atomic mass is 16.1. The fourth-order valence-electron chi connectivity index (χ4n) is 1.96. The Hall–Kier alpha value is -2.42. The van der Waals surface area contributed by atoms with Crippen LogP contribution in [0.25, 0.3) is 21.9 Å². The average Bonchev–Trinajstić information content (AvgIpc) is 2.41. The van der Waals surface area contributed by atoms with E-state index in [4.69, 9.17) is 0 Å². The largest absolute Gasteiger partial charge is 0.328 e. The summed E-state index contributed by atoms with van der Waals surface area (Å²) in [6, 6.07) is 11.7. The maximum Gasteiger partial charge on any atom is 0.255 e. The van der Waals surface area contributed by atoms with Crippen molar-refractivity contribution in [1.29, 1.82) is 0 Å². The zero-order chi connectivity index (χ0) is 11.7. The Balaban J connectivity index is 2.39. The van der Waals surface area contributed by atoms with Crippen molar-refractivity contribution >= 4 is 10.8 Å². The van der Waals surface area contributed by atoms with E-state index in [1.165, 1.54) is 0 Å². The third kappa shape index (κ3) is 1.61. The number of pyridine rings is 2. The normalized spacial score (nSPS) is 10.6. The van der Waals surface area contributed by atoms with E-state index in [0.717, 1.165) is 16.5 Å². The molecule has 0 saturated carbocycles. The smallest absolute Gasteiger partial charge is 0.255 e. The molecule has 0 aliphatic rings. The molecular formula is C14H10N2O. The summed E-state index contributed by atoms with van der Waals surface area (Å²) in [7, 11) is 0. The van der Waals surface area contributed by atoms with Gasteiger partial charge in [-0.1, -0.05) is 30.3 Å². The number of nitrogens with zero attached hydrogens (tertiary/aromatic N) is 1. The van der Waals surface area contributed by atoms with Crippen molar-refractivity contribution < 1.29 is 0 Å². The van der Waals surface area contributed by atoms with E-state index < -0.39 is 0 Å². The van der Waals surface area contributed by atoms with Crippen LogP contribution in [-0.4, -0.2) is 9.97 Å². The summed E-state index contributed by atoms with van der Waals surface area (Å²) in [5, 5.41) is 1.55. The van der Waals surface area contributed by atoms with Crippen LogP contribution in [0.1, 0.15) is 0 Å². The van der Waals surface area contributed by atoms with E-state index in [-0.39, 0.29) is 5.56 Å². The first-order chi connectivity index (χ1) is 8.36. The molecule has 0 spiro atoms. The van der Waals surface area contributed by atoms with Gasteiger partial charge in [0.15, 0.2) is 0 Å². The van der Waals surface area contributed by atoms with Gasteiger partial charge in [-0.25, -0.2) is 0 Å². The highest BCUT2D eigenvalue weighted by Crippen LogP contribution is 2.24. The van der Waals surface area contributed by atoms with Gasteiger partial charge in [0.2, 0.25) is 0 Å². The number of rotatable bonds is 1. The molecule has 3 aromatic rings. The average molecular weight is 222 g/mol. The molecule has 17 heavy (non-hydrogen) atoms. The molecule has 0 radical (unpaired) electrons. The van der Waals surface area contributed by atoms with Crippen LogP contribution < -0.4 is 5.56 Å². The van der Waals surface area contributed by atoms with Gasteiger partial charge in [0.05, 0.1) is 5.39 Å². The van der Waals surface area contributed by atoms with Gasteiger partial charge in [-0.05, 0) is 11.6 Å². The van der Waals surface area contributed by atoms with Crippen LogP contribution in [0.15, 0.2) is 59.8 Å². The van der Waals surface area contributed by atoms with Gasteiger partial charge in [0.1, 0.15) is 0 Å². The Kier molecular flexibility index (Phi) is 2.22. The summed E-state index contributed by atoms with van der Waals surface area (Å²) < 4.78 is 0. The first-order valence-electron chi connectivity index (χ1n) is 5.37. The van der Waals surface area contributed by atoms with Gasteiger partial charge >= 0.3 is 0 Å². The molecule has 0 bridgehead atoms. The molecule has 0 saturated heterocycles. The third-order valence-electron chi connectivity index (χ3n) is 2.79. The summed E-state index contributed by atoms with van der Waals surface area (Å²) in [5.74, 6) is 0. The maximum atomic E-state index is 11.7. The number of H-pyrrole nitrogens is 1. The van der Waals surface area contributed by atoms with Crippen molar-refractivity contribution in [2.45, 2.75) is 0 Å². The lowest BCUT2D eigenvalue weighted by Crippen LogP contribution is -2.05. The second-order valence-corrected chi connectivity index (χ2v) is 3.82. The number of hydrogen-bond acceptors (Lipinski definition) is 2. The van der Waals surface area contributed by atoms with Crippen LogP contribution in [0.5, 0.6) is 0 Å². The van der Waals surface area contributed by atoms with Gasteiger partial charge in [0, 0.05) is 29.5 Å². The molecule has 0 atom stereocenters. The minimum Gasteiger partial charge on any atom is -0.328 e. The molecule has 3 heteroatoms. The fourth-order valence-corrected chi connectivity index (χ4v) is 1.96. The molecule has 2 heterocycles. The number of aromatic nitrogens is 2. The lowest BCUT2D eigenvalue weighted by atomic mass is 10.0. The predicted octanol–water partition coefficient (Wildman–Crippen LogP) is 2.59. The van der Waals surface area contributed by atoms with E-state index >= 15 is 0 Å². The third-order valence-corrected chi connectivity index (χ3v) is 2.79. The number of nitrogens with one attached hydrogen (secondary N) is 1. The molecule has 82 valence electrons. The van der Waals surface area contributed by atoms with Crippen LogP contribution in [0.2, 0.25) is 0 Å². The van der Waals surface area contributed by atoms with Crippen molar-refractivity contribution in [2.75, 3.05) is 0 Å². The second kappa shape index (κ2) is 3.87. The molecule has 3 rings (SSSR count). The molecule has 1 N–H and O–H groups in total. The van der Waals surface area contributed by atoms with Crippen LogP contribution in [-0.2, 0) is 0 Å². The Labute approximate surface area is 97.8 Å². The van der Waals surface area contributed by atoms with E-state index in [1.54, 1.807) is 24.7 Å². The molecule has 0 amide bonds. The number of aromatic amines is 1. The van der Waals surface area contributed by atoms with Gasteiger partial charge < -0.3 is 4.98 Å².